The lowest BCUT2D eigenvalue weighted by molar-refractivity contribution is 0.290. The van der Waals surface area contributed by atoms with Crippen LogP contribution in [0, 0.1) is 0 Å². The first kappa shape index (κ1) is 12.6. The molecule has 0 saturated carbocycles. The SMILES string of the molecule is C=C(CCCO)c1ccc(OC)c(OC)c1. The molecular weight excluding hydrogens is 204 g/mol. The number of allylic oxidation sites excluding steroid dienone is 1. The van der Waals surface area contributed by atoms with Gasteiger partial charge in [-0.25, -0.2) is 0 Å². The highest BCUT2D eigenvalue weighted by molar-refractivity contribution is 5.66. The lowest BCUT2D eigenvalue weighted by Crippen LogP contribution is -1.93. The number of methoxy groups -OCH3 is 2. The third-order valence-electron chi connectivity index (χ3n) is 2.43. The Kier molecular flexibility index (Phi) is 4.86. The van der Waals surface area contributed by atoms with Gasteiger partial charge in [0, 0.05) is 6.61 Å². The number of rotatable bonds is 6. The predicted molar refractivity (Wildman–Crippen MR) is 64.9 cm³/mol. The Bertz CT molecular complexity index is 358. The van der Waals surface area contributed by atoms with Gasteiger partial charge in [-0.2, -0.15) is 0 Å². The van der Waals surface area contributed by atoms with Crippen LogP contribution in [0.25, 0.3) is 5.57 Å². The van der Waals surface area contributed by atoms with Crippen LogP contribution in [-0.4, -0.2) is 25.9 Å². The van der Waals surface area contributed by atoms with Gasteiger partial charge in [0.05, 0.1) is 14.2 Å². The highest BCUT2D eigenvalue weighted by Crippen LogP contribution is 2.30. The molecule has 0 atom stereocenters. The summed E-state index contributed by atoms with van der Waals surface area (Å²) in [6.07, 6.45) is 1.51. The fourth-order valence-corrected chi connectivity index (χ4v) is 1.49. The van der Waals surface area contributed by atoms with Crippen molar-refractivity contribution in [1.29, 1.82) is 0 Å². The zero-order chi connectivity index (χ0) is 12.0. The van der Waals surface area contributed by atoms with Gasteiger partial charge in [0.1, 0.15) is 0 Å². The predicted octanol–water partition coefficient (Wildman–Crippen LogP) is 2.49. The normalized spacial score (nSPS) is 9.94. The van der Waals surface area contributed by atoms with Crippen LogP contribution >= 0.6 is 0 Å². The maximum Gasteiger partial charge on any atom is 0.161 e. The summed E-state index contributed by atoms with van der Waals surface area (Å²) in [6, 6.07) is 5.71. The van der Waals surface area contributed by atoms with E-state index in [0.717, 1.165) is 24.0 Å². The monoisotopic (exact) mass is 222 g/mol. The molecule has 0 aliphatic rings. The Morgan fingerprint density at radius 1 is 1.25 bits per heavy atom. The number of ether oxygens (including phenoxy) is 2. The molecule has 1 rings (SSSR count). The summed E-state index contributed by atoms with van der Waals surface area (Å²) in [5.41, 5.74) is 2.01. The molecule has 0 aromatic heterocycles. The largest absolute Gasteiger partial charge is 0.493 e. The van der Waals surface area contributed by atoms with Crippen molar-refractivity contribution in [2.24, 2.45) is 0 Å². The molecule has 0 fully saturated rings. The van der Waals surface area contributed by atoms with Gasteiger partial charge in [-0.3, -0.25) is 0 Å². The van der Waals surface area contributed by atoms with Crippen molar-refractivity contribution >= 4 is 5.57 Å². The Morgan fingerprint density at radius 2 is 1.94 bits per heavy atom. The van der Waals surface area contributed by atoms with E-state index in [9.17, 15) is 0 Å². The Hall–Kier alpha value is -1.48. The molecule has 0 aliphatic heterocycles. The smallest absolute Gasteiger partial charge is 0.161 e. The van der Waals surface area contributed by atoms with E-state index >= 15 is 0 Å². The standard InChI is InChI=1S/C13H18O3/c1-10(5-4-8-14)11-6-7-12(15-2)13(9-11)16-3/h6-7,9,14H,1,4-5,8H2,2-3H3. The summed E-state index contributed by atoms with van der Waals surface area (Å²) >= 11 is 0. The molecular formula is C13H18O3. The van der Waals surface area contributed by atoms with Crippen LogP contribution in [0.2, 0.25) is 0 Å². The van der Waals surface area contributed by atoms with Gasteiger partial charge in [0.15, 0.2) is 11.5 Å². The second-order valence-electron chi connectivity index (χ2n) is 3.50. The van der Waals surface area contributed by atoms with E-state index in [1.807, 2.05) is 18.2 Å². The number of aliphatic hydroxyl groups is 1. The van der Waals surface area contributed by atoms with Crippen molar-refractivity contribution in [3.63, 3.8) is 0 Å². The zero-order valence-corrected chi connectivity index (χ0v) is 9.82. The average Bonchev–Trinajstić information content (AvgIpc) is 2.34. The lowest BCUT2D eigenvalue weighted by Gasteiger charge is -2.10. The topological polar surface area (TPSA) is 38.7 Å². The molecule has 0 saturated heterocycles. The van der Waals surface area contributed by atoms with Crippen LogP contribution in [-0.2, 0) is 0 Å². The van der Waals surface area contributed by atoms with Gasteiger partial charge < -0.3 is 14.6 Å². The molecule has 1 aromatic carbocycles. The van der Waals surface area contributed by atoms with Crippen molar-refractivity contribution in [3.8, 4) is 11.5 Å². The van der Waals surface area contributed by atoms with Crippen molar-refractivity contribution in [2.75, 3.05) is 20.8 Å². The fourth-order valence-electron chi connectivity index (χ4n) is 1.49. The van der Waals surface area contributed by atoms with Crippen LogP contribution in [0.3, 0.4) is 0 Å². The molecule has 3 heteroatoms. The van der Waals surface area contributed by atoms with Crippen molar-refractivity contribution in [2.45, 2.75) is 12.8 Å². The van der Waals surface area contributed by atoms with E-state index in [1.54, 1.807) is 14.2 Å². The summed E-state index contributed by atoms with van der Waals surface area (Å²) in [6.45, 7) is 4.17. The highest BCUT2D eigenvalue weighted by Gasteiger charge is 2.06. The minimum absolute atomic E-state index is 0.187. The van der Waals surface area contributed by atoms with Gasteiger partial charge >= 0.3 is 0 Å². The third kappa shape index (κ3) is 3.00. The third-order valence-corrected chi connectivity index (χ3v) is 2.43. The fraction of sp³-hybridized carbons (Fsp3) is 0.385. The average molecular weight is 222 g/mol. The van der Waals surface area contributed by atoms with E-state index in [0.29, 0.717) is 11.5 Å². The number of benzene rings is 1. The Labute approximate surface area is 96.3 Å². The van der Waals surface area contributed by atoms with E-state index in [2.05, 4.69) is 6.58 Å². The molecule has 0 bridgehead atoms. The lowest BCUT2D eigenvalue weighted by atomic mass is 10.0. The van der Waals surface area contributed by atoms with E-state index in [1.165, 1.54) is 0 Å². The minimum Gasteiger partial charge on any atom is -0.493 e. The Morgan fingerprint density at radius 3 is 2.50 bits per heavy atom. The first-order valence-corrected chi connectivity index (χ1v) is 5.24. The Balaban J connectivity index is 2.85. The molecule has 0 unspecified atom stereocenters. The summed E-state index contributed by atoms with van der Waals surface area (Å²) in [7, 11) is 3.22. The molecule has 0 heterocycles. The summed E-state index contributed by atoms with van der Waals surface area (Å²) in [5.74, 6) is 1.41. The minimum atomic E-state index is 0.187. The molecule has 0 spiro atoms. The number of hydrogen-bond acceptors (Lipinski definition) is 3. The maximum absolute atomic E-state index is 8.76. The van der Waals surface area contributed by atoms with Crippen LogP contribution < -0.4 is 9.47 Å². The van der Waals surface area contributed by atoms with Gasteiger partial charge in [-0.05, 0) is 36.1 Å². The molecule has 1 aromatic rings. The van der Waals surface area contributed by atoms with Crippen molar-refractivity contribution in [3.05, 3.63) is 30.3 Å². The highest BCUT2D eigenvalue weighted by atomic mass is 16.5. The second-order valence-corrected chi connectivity index (χ2v) is 3.50. The first-order chi connectivity index (χ1) is 7.72. The van der Waals surface area contributed by atoms with E-state index < -0.39 is 0 Å². The molecule has 0 amide bonds. The molecule has 88 valence electrons. The summed E-state index contributed by atoms with van der Waals surface area (Å²) < 4.78 is 10.4. The summed E-state index contributed by atoms with van der Waals surface area (Å²) in [5, 5.41) is 8.76. The number of hydrogen-bond donors (Lipinski definition) is 1. The van der Waals surface area contributed by atoms with E-state index in [4.69, 9.17) is 14.6 Å². The van der Waals surface area contributed by atoms with Crippen LogP contribution in [0.4, 0.5) is 0 Å². The van der Waals surface area contributed by atoms with Crippen LogP contribution in [0.15, 0.2) is 24.8 Å². The first-order valence-electron chi connectivity index (χ1n) is 5.24. The van der Waals surface area contributed by atoms with Crippen molar-refractivity contribution < 1.29 is 14.6 Å². The zero-order valence-electron chi connectivity index (χ0n) is 9.82. The molecule has 0 aliphatic carbocycles. The van der Waals surface area contributed by atoms with E-state index in [-0.39, 0.29) is 6.61 Å². The molecule has 0 radical (unpaired) electrons. The van der Waals surface area contributed by atoms with Gasteiger partial charge in [-0.1, -0.05) is 12.6 Å². The number of aliphatic hydroxyl groups excluding tert-OH is 1. The molecule has 3 nitrogen and oxygen atoms in total. The van der Waals surface area contributed by atoms with Crippen LogP contribution in [0.1, 0.15) is 18.4 Å². The van der Waals surface area contributed by atoms with Gasteiger partial charge in [-0.15, -0.1) is 0 Å². The molecule has 16 heavy (non-hydrogen) atoms. The van der Waals surface area contributed by atoms with Gasteiger partial charge in [0.25, 0.3) is 0 Å². The van der Waals surface area contributed by atoms with Crippen LogP contribution in [0.5, 0.6) is 11.5 Å². The second kappa shape index (κ2) is 6.18. The summed E-state index contributed by atoms with van der Waals surface area (Å²) in [4.78, 5) is 0. The van der Waals surface area contributed by atoms with Gasteiger partial charge in [0.2, 0.25) is 0 Å². The van der Waals surface area contributed by atoms with Crippen molar-refractivity contribution in [1.82, 2.24) is 0 Å². The molecule has 1 N–H and O–H groups in total. The maximum atomic E-state index is 8.76. The quantitative estimate of drug-likeness (QED) is 0.803.